The van der Waals surface area contributed by atoms with Crippen molar-refractivity contribution in [3.63, 3.8) is 0 Å². The Morgan fingerprint density at radius 3 is 2.76 bits per heavy atom. The van der Waals surface area contributed by atoms with E-state index in [1.165, 1.54) is 11.1 Å². The molecule has 0 aromatic heterocycles. The number of ether oxygens (including phenoxy) is 1. The van der Waals surface area contributed by atoms with Gasteiger partial charge in [-0.3, -0.25) is 0 Å². The molecule has 92 valence electrons. The predicted molar refractivity (Wildman–Crippen MR) is 66.4 cm³/mol. The highest BCUT2D eigenvalue weighted by Gasteiger charge is 2.53. The van der Waals surface area contributed by atoms with Crippen molar-refractivity contribution in [3.05, 3.63) is 22.8 Å². The van der Waals surface area contributed by atoms with E-state index >= 15 is 0 Å². The Kier molecular flexibility index (Phi) is 1.98. The van der Waals surface area contributed by atoms with Crippen molar-refractivity contribution in [3.8, 4) is 0 Å². The van der Waals surface area contributed by atoms with Gasteiger partial charge in [0, 0.05) is 11.0 Å². The van der Waals surface area contributed by atoms with Gasteiger partial charge in [-0.25, -0.2) is 4.79 Å². The van der Waals surface area contributed by atoms with Gasteiger partial charge in [-0.15, -0.1) is 0 Å². The first-order valence-electron chi connectivity index (χ1n) is 6.48. The highest BCUT2D eigenvalue weighted by atomic mass is 16.5. The molecule has 2 atom stereocenters. The van der Waals surface area contributed by atoms with Gasteiger partial charge in [0.25, 0.3) is 0 Å². The summed E-state index contributed by atoms with van der Waals surface area (Å²) in [5.41, 5.74) is 3.92. The average Bonchev–Trinajstić information content (AvgIpc) is 2.43. The van der Waals surface area contributed by atoms with E-state index < -0.39 is 0 Å². The van der Waals surface area contributed by atoms with Crippen LogP contribution in [0, 0.1) is 16.7 Å². The number of carbonyl (C=O) groups excluding carboxylic acids is 1. The summed E-state index contributed by atoms with van der Waals surface area (Å²) in [5, 5.41) is 0. The summed E-state index contributed by atoms with van der Waals surface area (Å²) >= 11 is 0. The van der Waals surface area contributed by atoms with Crippen molar-refractivity contribution in [1.29, 1.82) is 0 Å². The molecule has 0 unspecified atom stereocenters. The van der Waals surface area contributed by atoms with E-state index in [0.717, 1.165) is 18.4 Å². The van der Waals surface area contributed by atoms with E-state index in [0.29, 0.717) is 12.5 Å². The molecule has 0 radical (unpaired) electrons. The van der Waals surface area contributed by atoms with Gasteiger partial charge in [-0.2, -0.15) is 0 Å². The Morgan fingerprint density at radius 1 is 1.35 bits per heavy atom. The molecule has 1 heterocycles. The second-order valence-corrected chi connectivity index (χ2v) is 6.74. The Hall–Kier alpha value is -1.05. The zero-order chi connectivity index (χ0) is 12.4. The molecule has 3 rings (SSSR count). The minimum atomic E-state index is -0.0757. The van der Waals surface area contributed by atoms with E-state index in [2.05, 4.69) is 33.8 Å². The van der Waals surface area contributed by atoms with E-state index in [9.17, 15) is 4.79 Å². The summed E-state index contributed by atoms with van der Waals surface area (Å²) in [4.78, 5) is 12.0. The van der Waals surface area contributed by atoms with Crippen LogP contribution in [-0.4, -0.2) is 12.6 Å². The minimum Gasteiger partial charge on any atom is -0.461 e. The summed E-state index contributed by atoms with van der Waals surface area (Å²) in [6, 6.07) is 0. The number of hydrogen-bond acceptors (Lipinski definition) is 2. The van der Waals surface area contributed by atoms with E-state index in [1.54, 1.807) is 0 Å². The number of carbonyl (C=O) groups is 1. The molecule has 2 nitrogen and oxygen atoms in total. The van der Waals surface area contributed by atoms with E-state index in [4.69, 9.17) is 4.74 Å². The molecule has 2 heteroatoms. The maximum absolute atomic E-state index is 12.0. The average molecular weight is 232 g/mol. The largest absolute Gasteiger partial charge is 0.461 e. The molecule has 0 aromatic rings. The molecule has 3 aliphatic rings. The summed E-state index contributed by atoms with van der Waals surface area (Å²) in [5.74, 6) is 0.239. The first kappa shape index (κ1) is 11.1. The predicted octanol–water partition coefficient (Wildman–Crippen LogP) is 3.24. The van der Waals surface area contributed by atoms with Crippen LogP contribution in [0.3, 0.4) is 0 Å². The monoisotopic (exact) mass is 232 g/mol. The fraction of sp³-hybridized carbons (Fsp3) is 0.667. The highest BCUT2D eigenvalue weighted by Crippen LogP contribution is 2.61. The van der Waals surface area contributed by atoms with Crippen molar-refractivity contribution in [2.75, 3.05) is 6.61 Å². The summed E-state index contributed by atoms with van der Waals surface area (Å²) < 4.78 is 5.42. The summed E-state index contributed by atoms with van der Waals surface area (Å²) in [6.07, 6.45) is 4.42. The number of cyclic esters (lactones) is 1. The lowest BCUT2D eigenvalue weighted by Gasteiger charge is -2.35. The number of esters is 1. The van der Waals surface area contributed by atoms with Gasteiger partial charge in [0.15, 0.2) is 0 Å². The first-order valence-corrected chi connectivity index (χ1v) is 6.48. The second kappa shape index (κ2) is 3.04. The zero-order valence-corrected chi connectivity index (χ0v) is 11.1. The Bertz CT molecular complexity index is 467. The van der Waals surface area contributed by atoms with Gasteiger partial charge in [-0.05, 0) is 35.3 Å². The Labute approximate surface area is 103 Å². The third-order valence-electron chi connectivity index (χ3n) is 4.61. The van der Waals surface area contributed by atoms with Gasteiger partial charge < -0.3 is 4.74 Å². The van der Waals surface area contributed by atoms with Crippen LogP contribution in [0.4, 0.5) is 0 Å². The third kappa shape index (κ3) is 1.30. The maximum atomic E-state index is 12.0. The number of allylic oxidation sites excluding steroid dienone is 2. The summed E-state index contributed by atoms with van der Waals surface area (Å²) in [7, 11) is 0. The van der Waals surface area contributed by atoms with E-state index in [1.807, 2.05) is 0 Å². The van der Waals surface area contributed by atoms with Crippen LogP contribution in [0.2, 0.25) is 0 Å². The molecule has 0 bridgehead atoms. The third-order valence-corrected chi connectivity index (χ3v) is 4.61. The fourth-order valence-electron chi connectivity index (χ4n) is 4.06. The molecule has 1 fully saturated rings. The topological polar surface area (TPSA) is 26.3 Å². The smallest absolute Gasteiger partial charge is 0.334 e. The second-order valence-electron chi connectivity index (χ2n) is 6.74. The molecule has 2 aliphatic carbocycles. The first-order chi connectivity index (χ1) is 7.85. The van der Waals surface area contributed by atoms with Gasteiger partial charge in [0.1, 0.15) is 6.61 Å². The van der Waals surface area contributed by atoms with Crippen molar-refractivity contribution in [2.24, 2.45) is 16.7 Å². The van der Waals surface area contributed by atoms with Crippen LogP contribution >= 0.6 is 0 Å². The van der Waals surface area contributed by atoms with Crippen molar-refractivity contribution in [2.45, 2.75) is 40.5 Å². The molecule has 17 heavy (non-hydrogen) atoms. The quantitative estimate of drug-likeness (QED) is 0.599. The van der Waals surface area contributed by atoms with Gasteiger partial charge in [0.05, 0.1) is 0 Å². The zero-order valence-electron chi connectivity index (χ0n) is 11.1. The van der Waals surface area contributed by atoms with Gasteiger partial charge >= 0.3 is 5.97 Å². The van der Waals surface area contributed by atoms with Crippen LogP contribution in [0.15, 0.2) is 22.8 Å². The lowest BCUT2D eigenvalue weighted by molar-refractivity contribution is -0.144. The molecule has 0 spiro atoms. The fourth-order valence-corrected chi connectivity index (χ4v) is 4.06. The number of rotatable bonds is 0. The van der Waals surface area contributed by atoms with Crippen LogP contribution < -0.4 is 0 Å². The normalized spacial score (nSPS) is 38.7. The molecule has 0 amide bonds. The molecule has 1 aliphatic heterocycles. The van der Waals surface area contributed by atoms with E-state index in [-0.39, 0.29) is 16.8 Å². The maximum Gasteiger partial charge on any atom is 0.334 e. The van der Waals surface area contributed by atoms with Crippen LogP contribution in [0.1, 0.15) is 40.5 Å². The molecular formula is C15H20O2. The van der Waals surface area contributed by atoms with Crippen molar-refractivity contribution < 1.29 is 9.53 Å². The lowest BCUT2D eigenvalue weighted by Crippen LogP contribution is -2.34. The highest BCUT2D eigenvalue weighted by molar-refractivity contribution is 5.93. The molecule has 0 N–H and O–H groups in total. The number of hydrogen-bond donors (Lipinski definition) is 0. The Morgan fingerprint density at radius 2 is 2.06 bits per heavy atom. The molecular weight excluding hydrogens is 212 g/mol. The molecule has 1 saturated carbocycles. The Balaban J connectivity index is 2.27. The SMILES string of the molecule is C[C@@H]1CC=C2C3=C1C(=O)OC[C@@]3(C)CC2(C)C. The van der Waals surface area contributed by atoms with Crippen molar-refractivity contribution in [1.82, 2.24) is 0 Å². The van der Waals surface area contributed by atoms with Gasteiger partial charge in [-0.1, -0.05) is 33.8 Å². The standard InChI is InChI=1S/C15H20O2/c1-9-5-6-10-12-11(9)13(16)17-8-15(12,4)7-14(10,2)3/h6,9H,5,7-8H2,1-4H3/t9-,15-/m1/s1. The van der Waals surface area contributed by atoms with Gasteiger partial charge in [0.2, 0.25) is 0 Å². The summed E-state index contributed by atoms with van der Waals surface area (Å²) in [6.45, 7) is 9.50. The molecule has 0 saturated heterocycles. The van der Waals surface area contributed by atoms with Crippen LogP contribution in [0.25, 0.3) is 0 Å². The van der Waals surface area contributed by atoms with Crippen molar-refractivity contribution >= 4 is 5.97 Å². The van der Waals surface area contributed by atoms with Crippen LogP contribution in [-0.2, 0) is 9.53 Å². The van der Waals surface area contributed by atoms with Crippen LogP contribution in [0.5, 0.6) is 0 Å². The lowest BCUT2D eigenvalue weighted by atomic mass is 9.74. The molecule has 0 aromatic carbocycles. The minimum absolute atomic E-state index is 0.0489.